The van der Waals surface area contributed by atoms with Crippen molar-refractivity contribution in [3.63, 3.8) is 0 Å². The van der Waals surface area contributed by atoms with Gasteiger partial charge >= 0.3 is 5.91 Å². The van der Waals surface area contributed by atoms with Crippen LogP contribution in [0.1, 0.15) is 22.7 Å². The van der Waals surface area contributed by atoms with Gasteiger partial charge in [0.15, 0.2) is 15.9 Å². The van der Waals surface area contributed by atoms with Gasteiger partial charge < -0.3 is 9.84 Å². The van der Waals surface area contributed by atoms with Gasteiger partial charge in [-0.15, -0.1) is 10.2 Å². The summed E-state index contributed by atoms with van der Waals surface area (Å²) >= 11 is 8.74. The second-order valence-corrected chi connectivity index (χ2v) is 12.0. The van der Waals surface area contributed by atoms with Crippen molar-refractivity contribution in [3.05, 3.63) is 118 Å². The molecule has 1 fully saturated rings. The molecule has 11 heteroatoms. The number of carbonyl (C=O) groups excluding carboxylic acids is 2. The summed E-state index contributed by atoms with van der Waals surface area (Å²) in [4.78, 5) is 28.1. The fraction of sp³-hybridized carbons (Fsp3) is 0.0968. The number of aliphatic hydroxyl groups is 1. The van der Waals surface area contributed by atoms with Crippen LogP contribution in [0.15, 0.2) is 94.8 Å². The zero-order valence-electron chi connectivity index (χ0n) is 22.0. The number of Topliss-reactive ketones (excluding diaryl/α,β-unsaturated/α-hetero) is 1. The number of hydrogen-bond donors (Lipinski definition) is 1. The Labute approximate surface area is 253 Å². The molecule has 4 aromatic carbocycles. The van der Waals surface area contributed by atoms with E-state index in [4.69, 9.17) is 16.3 Å². The summed E-state index contributed by atoms with van der Waals surface area (Å²) in [5.74, 6) is -2.46. The Morgan fingerprint density at radius 3 is 2.57 bits per heavy atom. The van der Waals surface area contributed by atoms with Crippen molar-refractivity contribution in [3.8, 4) is 5.75 Å². The number of fused-ring (bicyclic) bond motifs is 1. The minimum Gasteiger partial charge on any atom is -0.507 e. The van der Waals surface area contributed by atoms with Crippen molar-refractivity contribution in [2.24, 2.45) is 0 Å². The molecule has 210 valence electrons. The lowest BCUT2D eigenvalue weighted by Crippen LogP contribution is -2.29. The number of carbonyl (C=O) groups is 2. The van der Waals surface area contributed by atoms with E-state index < -0.39 is 29.3 Å². The minimum atomic E-state index is -1.05. The highest BCUT2D eigenvalue weighted by Crippen LogP contribution is 2.44. The molecule has 5 aromatic rings. The van der Waals surface area contributed by atoms with Gasteiger partial charge in [-0.2, -0.15) is 0 Å². The van der Waals surface area contributed by atoms with Crippen LogP contribution in [0.3, 0.4) is 0 Å². The molecule has 0 spiro atoms. The van der Waals surface area contributed by atoms with Gasteiger partial charge in [0, 0.05) is 16.3 Å². The predicted octanol–water partition coefficient (Wildman–Crippen LogP) is 7.41. The third-order valence-corrected chi connectivity index (χ3v) is 9.25. The zero-order valence-corrected chi connectivity index (χ0v) is 24.3. The molecule has 7 nitrogen and oxygen atoms in total. The fourth-order valence-electron chi connectivity index (χ4n) is 4.88. The van der Waals surface area contributed by atoms with Gasteiger partial charge in [-0.05, 0) is 52.2 Å². The maximum Gasteiger partial charge on any atom is 0.301 e. The summed E-state index contributed by atoms with van der Waals surface area (Å²) in [6.45, 7) is 0. The monoisotopic (exact) mass is 617 g/mol. The fourth-order valence-corrected chi connectivity index (χ4v) is 6.87. The number of aliphatic hydroxyl groups excluding tert-OH is 1. The Bertz CT molecular complexity index is 1870. The number of rotatable bonds is 7. The van der Waals surface area contributed by atoms with E-state index >= 15 is 0 Å². The van der Waals surface area contributed by atoms with Crippen molar-refractivity contribution in [2.45, 2.75) is 16.1 Å². The largest absolute Gasteiger partial charge is 0.507 e. The molecular formula is C31H21ClFN3O4S2. The molecule has 0 unspecified atom stereocenters. The van der Waals surface area contributed by atoms with Crippen LogP contribution in [0.5, 0.6) is 5.75 Å². The highest BCUT2D eigenvalue weighted by Gasteiger charge is 2.48. The first kappa shape index (κ1) is 27.9. The molecule has 0 bridgehead atoms. The van der Waals surface area contributed by atoms with Gasteiger partial charge in [-0.25, -0.2) is 4.39 Å². The van der Waals surface area contributed by atoms with Gasteiger partial charge in [-0.1, -0.05) is 89.3 Å². The Balaban J connectivity index is 1.37. The average Bonchev–Trinajstić information content (AvgIpc) is 3.57. The summed E-state index contributed by atoms with van der Waals surface area (Å²) in [6.07, 6.45) is 0. The Hall–Kier alpha value is -4.25. The second kappa shape index (κ2) is 11.6. The summed E-state index contributed by atoms with van der Waals surface area (Å²) in [5.41, 5.74) is 1.46. The van der Waals surface area contributed by atoms with Gasteiger partial charge in [0.1, 0.15) is 5.76 Å². The number of nitrogens with zero attached hydrogens (tertiary/aromatic N) is 3. The molecule has 1 amide bonds. The van der Waals surface area contributed by atoms with Crippen molar-refractivity contribution >= 4 is 68.1 Å². The van der Waals surface area contributed by atoms with Gasteiger partial charge in [0.05, 0.1) is 18.7 Å². The smallest absolute Gasteiger partial charge is 0.301 e. The highest BCUT2D eigenvalue weighted by atomic mass is 35.5. The summed E-state index contributed by atoms with van der Waals surface area (Å²) < 4.78 is 20.1. The van der Waals surface area contributed by atoms with Gasteiger partial charge in [-0.3, -0.25) is 14.5 Å². The van der Waals surface area contributed by atoms with E-state index in [0.29, 0.717) is 20.7 Å². The van der Waals surface area contributed by atoms with Crippen LogP contribution in [0.4, 0.5) is 9.52 Å². The van der Waals surface area contributed by atoms with Crippen molar-refractivity contribution in [2.75, 3.05) is 12.0 Å². The number of ketones is 1. The molecule has 0 aliphatic carbocycles. The number of anilines is 1. The standard InChI is InChI=1S/C31H21ClFN3O4S2/c1-40-24-14-11-19(15-23(24)33)27(37)25-26(18-9-12-21(32)13-10-18)36(29(39)28(25)38)30-34-35-31(42-30)41-16-20-7-4-6-17-5-2-3-8-22(17)20/h2-15,26,37H,16H2,1H3/t26-/m1/s1. The number of hydrogen-bond acceptors (Lipinski definition) is 8. The highest BCUT2D eigenvalue weighted by molar-refractivity contribution is 8.00. The number of thioether (sulfide) groups is 1. The Kier molecular flexibility index (Phi) is 7.68. The van der Waals surface area contributed by atoms with E-state index in [-0.39, 0.29) is 22.0 Å². The number of benzene rings is 4. The quantitative estimate of drug-likeness (QED) is 0.0668. The first-order valence-corrected chi connectivity index (χ1v) is 14.9. The van der Waals surface area contributed by atoms with E-state index in [9.17, 15) is 19.1 Å². The summed E-state index contributed by atoms with van der Waals surface area (Å²) in [7, 11) is 1.32. The van der Waals surface area contributed by atoms with Crippen LogP contribution < -0.4 is 9.64 Å². The molecule has 0 radical (unpaired) electrons. The molecule has 2 heterocycles. The van der Waals surface area contributed by atoms with Crippen LogP contribution in [-0.4, -0.2) is 34.1 Å². The van der Waals surface area contributed by atoms with Gasteiger partial charge in [0.25, 0.3) is 5.78 Å². The molecule has 0 saturated carbocycles. The first-order valence-electron chi connectivity index (χ1n) is 12.7. The van der Waals surface area contributed by atoms with Gasteiger partial charge in [0.2, 0.25) is 5.13 Å². The number of aromatic nitrogens is 2. The predicted molar refractivity (Wildman–Crippen MR) is 163 cm³/mol. The molecule has 1 N–H and O–H groups in total. The number of amides is 1. The van der Waals surface area contributed by atoms with Crippen LogP contribution in [0.25, 0.3) is 16.5 Å². The molecule has 1 aliphatic rings. The summed E-state index contributed by atoms with van der Waals surface area (Å²) in [6, 6.07) is 23.5. The topological polar surface area (TPSA) is 92.6 Å². The maximum absolute atomic E-state index is 14.5. The third kappa shape index (κ3) is 5.13. The normalized spacial score (nSPS) is 16.4. The number of methoxy groups -OCH3 is 1. The molecule has 1 saturated heterocycles. The second-order valence-electron chi connectivity index (χ2n) is 9.35. The molecule has 6 rings (SSSR count). The Morgan fingerprint density at radius 2 is 1.81 bits per heavy atom. The lowest BCUT2D eigenvalue weighted by molar-refractivity contribution is -0.132. The summed E-state index contributed by atoms with van der Waals surface area (Å²) in [5, 5.41) is 22.7. The average molecular weight is 618 g/mol. The first-order chi connectivity index (χ1) is 20.4. The van der Waals surface area contributed by atoms with Crippen LogP contribution in [0, 0.1) is 5.82 Å². The molecule has 1 atom stereocenters. The van der Waals surface area contributed by atoms with E-state index in [2.05, 4.69) is 34.5 Å². The Morgan fingerprint density at radius 1 is 1.05 bits per heavy atom. The molecule has 1 aliphatic heterocycles. The third-order valence-electron chi connectivity index (χ3n) is 6.89. The maximum atomic E-state index is 14.5. The lowest BCUT2D eigenvalue weighted by Gasteiger charge is -2.22. The van der Waals surface area contributed by atoms with Crippen molar-refractivity contribution < 1.29 is 23.8 Å². The molecule has 1 aromatic heterocycles. The van der Waals surface area contributed by atoms with Crippen LogP contribution in [-0.2, 0) is 15.3 Å². The minimum absolute atomic E-state index is 0.0221. The van der Waals surface area contributed by atoms with Crippen LogP contribution >= 0.6 is 34.7 Å². The van der Waals surface area contributed by atoms with E-state index in [0.717, 1.165) is 22.4 Å². The van der Waals surface area contributed by atoms with Crippen molar-refractivity contribution in [1.82, 2.24) is 10.2 Å². The van der Waals surface area contributed by atoms with E-state index in [1.165, 1.54) is 47.2 Å². The zero-order chi connectivity index (χ0) is 29.4. The van der Waals surface area contributed by atoms with Crippen molar-refractivity contribution in [1.29, 1.82) is 0 Å². The van der Waals surface area contributed by atoms with E-state index in [1.54, 1.807) is 24.3 Å². The SMILES string of the molecule is COc1ccc(C(O)=C2C(=O)C(=O)N(c3nnc(SCc4cccc5ccccc45)s3)[C@@H]2c2ccc(Cl)cc2)cc1F. The van der Waals surface area contributed by atoms with E-state index in [1.807, 2.05) is 18.2 Å². The van der Waals surface area contributed by atoms with Crippen LogP contribution in [0.2, 0.25) is 5.02 Å². The molecule has 42 heavy (non-hydrogen) atoms. The molecular weight excluding hydrogens is 597 g/mol. The number of ether oxygens (including phenoxy) is 1. The lowest BCUT2D eigenvalue weighted by atomic mass is 9.95. The number of halogens is 2.